The van der Waals surface area contributed by atoms with Gasteiger partial charge < -0.3 is 10.2 Å². The van der Waals surface area contributed by atoms with Crippen molar-refractivity contribution >= 4 is 16.7 Å². The van der Waals surface area contributed by atoms with Crippen LogP contribution in [0.4, 0.5) is 0 Å². The first-order chi connectivity index (χ1) is 8.00. The molecule has 0 aliphatic rings. The number of aromatic hydroxyl groups is 1. The maximum atomic E-state index is 10.9. The summed E-state index contributed by atoms with van der Waals surface area (Å²) in [6.07, 6.45) is 0. The summed E-state index contributed by atoms with van der Waals surface area (Å²) < 4.78 is 0. The normalized spacial score (nSPS) is 11.0. The molecule has 0 unspecified atom stereocenters. The van der Waals surface area contributed by atoms with Crippen LogP contribution in [0, 0.1) is 0 Å². The van der Waals surface area contributed by atoms with Gasteiger partial charge in [-0.2, -0.15) is 0 Å². The summed E-state index contributed by atoms with van der Waals surface area (Å²) in [7, 11) is 0. The van der Waals surface area contributed by atoms with Crippen molar-refractivity contribution in [3.05, 3.63) is 41.5 Å². The Kier molecular flexibility index (Phi) is 2.76. The van der Waals surface area contributed by atoms with E-state index in [0.717, 1.165) is 5.39 Å². The molecule has 0 aliphatic carbocycles. The number of hydrogen-bond donors (Lipinski definition) is 2. The van der Waals surface area contributed by atoms with Gasteiger partial charge in [-0.05, 0) is 22.9 Å². The summed E-state index contributed by atoms with van der Waals surface area (Å²) in [6, 6.07) is 8.82. The molecule has 2 aromatic carbocycles. The van der Waals surface area contributed by atoms with Crippen molar-refractivity contribution in [2.24, 2.45) is 0 Å². The quantitative estimate of drug-likeness (QED) is 0.831. The van der Waals surface area contributed by atoms with Crippen molar-refractivity contribution in [1.29, 1.82) is 0 Å². The maximum absolute atomic E-state index is 10.9. The van der Waals surface area contributed by atoms with Crippen LogP contribution < -0.4 is 0 Å². The number of fused-ring (bicyclic) bond motifs is 1. The van der Waals surface area contributed by atoms with Gasteiger partial charge in [-0.1, -0.05) is 38.1 Å². The zero-order chi connectivity index (χ0) is 12.6. The summed E-state index contributed by atoms with van der Waals surface area (Å²) in [5, 5.41) is 20.2. The van der Waals surface area contributed by atoms with Gasteiger partial charge in [0.15, 0.2) is 0 Å². The minimum Gasteiger partial charge on any atom is -0.506 e. The van der Waals surface area contributed by atoms with Crippen molar-refractivity contribution in [3.8, 4) is 5.75 Å². The fraction of sp³-hybridized carbons (Fsp3) is 0.214. The number of carbonyl (C=O) groups is 1. The van der Waals surface area contributed by atoms with Gasteiger partial charge in [-0.15, -0.1) is 0 Å². The van der Waals surface area contributed by atoms with E-state index < -0.39 is 5.97 Å². The fourth-order valence-corrected chi connectivity index (χ4v) is 1.86. The van der Waals surface area contributed by atoms with Crippen molar-refractivity contribution in [2.75, 3.05) is 0 Å². The van der Waals surface area contributed by atoms with E-state index in [-0.39, 0.29) is 11.3 Å². The van der Waals surface area contributed by atoms with Crippen LogP contribution in [0.25, 0.3) is 10.8 Å². The van der Waals surface area contributed by atoms with Crippen molar-refractivity contribution in [3.63, 3.8) is 0 Å². The molecule has 3 heteroatoms. The Hall–Kier alpha value is -2.03. The molecular weight excluding hydrogens is 216 g/mol. The molecule has 2 aromatic rings. The SMILES string of the molecule is CC(C)c1ccc2c(O)c(C(=O)O)ccc2c1. The van der Waals surface area contributed by atoms with E-state index in [1.54, 1.807) is 12.1 Å². The van der Waals surface area contributed by atoms with Crippen LogP contribution in [-0.4, -0.2) is 16.2 Å². The molecule has 3 nitrogen and oxygen atoms in total. The van der Waals surface area contributed by atoms with E-state index in [9.17, 15) is 9.90 Å². The fourth-order valence-electron chi connectivity index (χ4n) is 1.86. The highest BCUT2D eigenvalue weighted by Crippen LogP contribution is 2.30. The highest BCUT2D eigenvalue weighted by Gasteiger charge is 2.12. The van der Waals surface area contributed by atoms with Gasteiger partial charge in [0.2, 0.25) is 0 Å². The largest absolute Gasteiger partial charge is 0.506 e. The molecule has 0 radical (unpaired) electrons. The molecule has 0 spiro atoms. The van der Waals surface area contributed by atoms with Crippen LogP contribution in [-0.2, 0) is 0 Å². The Bertz CT molecular complexity index is 585. The topological polar surface area (TPSA) is 57.5 Å². The molecule has 2 rings (SSSR count). The van der Waals surface area contributed by atoms with Gasteiger partial charge in [-0.25, -0.2) is 4.79 Å². The Morgan fingerprint density at radius 3 is 2.47 bits per heavy atom. The molecule has 0 fully saturated rings. The summed E-state index contributed by atoms with van der Waals surface area (Å²) in [5.41, 5.74) is 1.11. The monoisotopic (exact) mass is 230 g/mol. The molecule has 2 N–H and O–H groups in total. The summed E-state index contributed by atoms with van der Waals surface area (Å²) >= 11 is 0. The Morgan fingerprint density at radius 2 is 1.88 bits per heavy atom. The number of phenols is 1. The van der Waals surface area contributed by atoms with Crippen LogP contribution in [0.5, 0.6) is 5.75 Å². The number of carboxylic acid groups (broad SMARTS) is 1. The average Bonchev–Trinajstić information content (AvgIpc) is 2.28. The first-order valence-electron chi connectivity index (χ1n) is 5.49. The van der Waals surface area contributed by atoms with Crippen molar-refractivity contribution in [2.45, 2.75) is 19.8 Å². The molecule has 0 aliphatic heterocycles. The second-order valence-electron chi connectivity index (χ2n) is 4.40. The molecule has 0 heterocycles. The predicted octanol–water partition coefficient (Wildman–Crippen LogP) is 3.37. The van der Waals surface area contributed by atoms with Gasteiger partial charge in [0.1, 0.15) is 11.3 Å². The number of hydrogen-bond acceptors (Lipinski definition) is 2. The summed E-state index contributed by atoms with van der Waals surface area (Å²) in [6.45, 7) is 4.18. The molecule has 0 bridgehead atoms. The van der Waals surface area contributed by atoms with Crippen LogP contribution in [0.15, 0.2) is 30.3 Å². The zero-order valence-electron chi connectivity index (χ0n) is 9.77. The summed E-state index contributed by atoms with van der Waals surface area (Å²) in [4.78, 5) is 10.9. The number of carboxylic acids is 1. The Morgan fingerprint density at radius 1 is 1.18 bits per heavy atom. The van der Waals surface area contributed by atoms with E-state index in [1.807, 2.05) is 12.1 Å². The van der Waals surface area contributed by atoms with E-state index in [1.165, 1.54) is 11.6 Å². The lowest BCUT2D eigenvalue weighted by Crippen LogP contribution is -1.97. The standard InChI is InChI=1S/C14H14O3/c1-8(2)9-3-5-11-10(7-9)4-6-12(13(11)15)14(16)17/h3-8,15H,1-2H3,(H,16,17). The van der Waals surface area contributed by atoms with Crippen LogP contribution in [0.3, 0.4) is 0 Å². The lowest BCUT2D eigenvalue weighted by atomic mass is 9.97. The molecule has 0 saturated heterocycles. The van der Waals surface area contributed by atoms with E-state index in [2.05, 4.69) is 13.8 Å². The minimum absolute atomic E-state index is 0.0604. The highest BCUT2D eigenvalue weighted by molar-refractivity contribution is 6.00. The second-order valence-corrected chi connectivity index (χ2v) is 4.40. The first kappa shape index (κ1) is 11.5. The van der Waals surface area contributed by atoms with Gasteiger partial charge in [0.05, 0.1) is 0 Å². The molecule has 17 heavy (non-hydrogen) atoms. The lowest BCUT2D eigenvalue weighted by Gasteiger charge is -2.09. The lowest BCUT2D eigenvalue weighted by molar-refractivity contribution is 0.0694. The van der Waals surface area contributed by atoms with Crippen molar-refractivity contribution in [1.82, 2.24) is 0 Å². The number of rotatable bonds is 2. The molecule has 88 valence electrons. The molecular formula is C14H14O3. The van der Waals surface area contributed by atoms with E-state index in [0.29, 0.717) is 11.3 Å². The first-order valence-corrected chi connectivity index (χ1v) is 5.49. The molecule has 0 amide bonds. The Balaban J connectivity index is 2.68. The smallest absolute Gasteiger partial charge is 0.339 e. The average molecular weight is 230 g/mol. The minimum atomic E-state index is -1.11. The third-order valence-electron chi connectivity index (χ3n) is 2.91. The van der Waals surface area contributed by atoms with Gasteiger partial charge >= 0.3 is 5.97 Å². The third-order valence-corrected chi connectivity index (χ3v) is 2.91. The zero-order valence-corrected chi connectivity index (χ0v) is 9.77. The number of aromatic carboxylic acids is 1. The van der Waals surface area contributed by atoms with Gasteiger partial charge in [0, 0.05) is 5.39 Å². The third kappa shape index (κ3) is 1.96. The van der Waals surface area contributed by atoms with Crippen LogP contribution in [0.1, 0.15) is 35.7 Å². The molecule has 0 atom stereocenters. The van der Waals surface area contributed by atoms with E-state index >= 15 is 0 Å². The van der Waals surface area contributed by atoms with E-state index in [4.69, 9.17) is 5.11 Å². The predicted molar refractivity (Wildman–Crippen MR) is 66.7 cm³/mol. The Labute approximate surface area is 99.3 Å². The molecule has 0 saturated carbocycles. The van der Waals surface area contributed by atoms with Gasteiger partial charge in [0.25, 0.3) is 0 Å². The maximum Gasteiger partial charge on any atom is 0.339 e. The number of benzene rings is 2. The molecule has 0 aromatic heterocycles. The van der Waals surface area contributed by atoms with Crippen molar-refractivity contribution < 1.29 is 15.0 Å². The second kappa shape index (κ2) is 4.09. The van der Waals surface area contributed by atoms with Crippen LogP contribution >= 0.6 is 0 Å². The van der Waals surface area contributed by atoms with Crippen LogP contribution in [0.2, 0.25) is 0 Å². The van der Waals surface area contributed by atoms with Gasteiger partial charge in [-0.3, -0.25) is 0 Å². The highest BCUT2D eigenvalue weighted by atomic mass is 16.4. The summed E-state index contributed by atoms with van der Waals surface area (Å²) in [5.74, 6) is -0.872.